The molecule has 0 aromatic heterocycles. The van der Waals surface area contributed by atoms with E-state index in [9.17, 15) is 9.59 Å². The molecule has 2 rings (SSSR count). The zero-order valence-corrected chi connectivity index (χ0v) is 10.2. The molecule has 0 saturated heterocycles. The van der Waals surface area contributed by atoms with Crippen molar-refractivity contribution in [3.63, 3.8) is 0 Å². The lowest BCUT2D eigenvalue weighted by Gasteiger charge is -2.09. The topological polar surface area (TPSA) is 66.4 Å². The molecule has 1 fully saturated rings. The quantitative estimate of drug-likeness (QED) is 0.806. The van der Waals surface area contributed by atoms with E-state index in [2.05, 4.69) is 5.32 Å². The van der Waals surface area contributed by atoms with E-state index in [1.165, 1.54) is 12.8 Å². The van der Waals surface area contributed by atoms with Crippen LogP contribution in [0.25, 0.3) is 0 Å². The monoisotopic (exact) mass is 247 g/mol. The SMILES string of the molecule is O=C(O)CCc1ccccc1C(=O)NCC1CC1. The van der Waals surface area contributed by atoms with Gasteiger partial charge in [-0.05, 0) is 36.8 Å². The Kier molecular flexibility index (Phi) is 3.97. The van der Waals surface area contributed by atoms with Crippen molar-refractivity contribution in [2.45, 2.75) is 25.7 Å². The van der Waals surface area contributed by atoms with Crippen LogP contribution in [0.1, 0.15) is 35.2 Å². The third-order valence-electron chi connectivity index (χ3n) is 3.12. The summed E-state index contributed by atoms with van der Waals surface area (Å²) in [7, 11) is 0. The van der Waals surface area contributed by atoms with Crippen molar-refractivity contribution < 1.29 is 14.7 Å². The second-order valence-corrected chi connectivity index (χ2v) is 4.70. The Morgan fingerprint density at radius 1 is 1.28 bits per heavy atom. The third kappa shape index (κ3) is 3.58. The highest BCUT2D eigenvalue weighted by atomic mass is 16.4. The van der Waals surface area contributed by atoms with E-state index in [0.717, 1.165) is 12.1 Å². The summed E-state index contributed by atoms with van der Waals surface area (Å²) >= 11 is 0. The predicted molar refractivity (Wildman–Crippen MR) is 67.5 cm³/mol. The fourth-order valence-corrected chi connectivity index (χ4v) is 1.86. The first kappa shape index (κ1) is 12.6. The minimum atomic E-state index is -0.844. The molecule has 4 nitrogen and oxygen atoms in total. The molecular formula is C14H17NO3. The Morgan fingerprint density at radius 2 is 2.00 bits per heavy atom. The Bertz CT molecular complexity index is 452. The summed E-state index contributed by atoms with van der Waals surface area (Å²) in [6.07, 6.45) is 2.83. The van der Waals surface area contributed by atoms with Crippen LogP contribution in [0.3, 0.4) is 0 Å². The summed E-state index contributed by atoms with van der Waals surface area (Å²) in [5, 5.41) is 11.6. The van der Waals surface area contributed by atoms with Gasteiger partial charge in [-0.1, -0.05) is 18.2 Å². The van der Waals surface area contributed by atoms with Crippen LogP contribution in [0.15, 0.2) is 24.3 Å². The number of carboxylic acid groups (broad SMARTS) is 1. The van der Waals surface area contributed by atoms with Gasteiger partial charge >= 0.3 is 5.97 Å². The molecule has 1 amide bonds. The largest absolute Gasteiger partial charge is 0.481 e. The molecule has 4 heteroatoms. The van der Waals surface area contributed by atoms with Gasteiger partial charge < -0.3 is 10.4 Å². The molecule has 1 aromatic carbocycles. The van der Waals surface area contributed by atoms with Gasteiger partial charge in [-0.2, -0.15) is 0 Å². The van der Waals surface area contributed by atoms with Gasteiger partial charge in [0.25, 0.3) is 5.91 Å². The van der Waals surface area contributed by atoms with Crippen molar-refractivity contribution in [3.05, 3.63) is 35.4 Å². The normalized spacial score (nSPS) is 14.2. The molecule has 2 N–H and O–H groups in total. The van der Waals surface area contributed by atoms with Crippen molar-refractivity contribution in [2.75, 3.05) is 6.54 Å². The summed E-state index contributed by atoms with van der Waals surface area (Å²) in [4.78, 5) is 22.6. The fourth-order valence-electron chi connectivity index (χ4n) is 1.86. The maximum atomic E-state index is 12.0. The van der Waals surface area contributed by atoms with Gasteiger partial charge in [0.05, 0.1) is 0 Å². The molecule has 96 valence electrons. The molecule has 1 aliphatic carbocycles. The molecule has 1 saturated carbocycles. The van der Waals surface area contributed by atoms with Gasteiger partial charge in [-0.3, -0.25) is 9.59 Å². The van der Waals surface area contributed by atoms with E-state index < -0.39 is 5.97 Å². The zero-order chi connectivity index (χ0) is 13.0. The summed E-state index contributed by atoms with van der Waals surface area (Å²) < 4.78 is 0. The minimum Gasteiger partial charge on any atom is -0.481 e. The Balaban J connectivity index is 2.00. The number of carbonyl (C=O) groups is 2. The van der Waals surface area contributed by atoms with Crippen molar-refractivity contribution in [2.24, 2.45) is 5.92 Å². The highest BCUT2D eigenvalue weighted by molar-refractivity contribution is 5.95. The van der Waals surface area contributed by atoms with Gasteiger partial charge in [-0.15, -0.1) is 0 Å². The maximum Gasteiger partial charge on any atom is 0.303 e. The van der Waals surface area contributed by atoms with Gasteiger partial charge in [0.2, 0.25) is 0 Å². The summed E-state index contributed by atoms with van der Waals surface area (Å²) in [6, 6.07) is 7.19. The number of rotatable bonds is 6. The van der Waals surface area contributed by atoms with Gasteiger partial charge in [0.15, 0.2) is 0 Å². The molecule has 0 spiro atoms. The Labute approximate surface area is 106 Å². The standard InChI is InChI=1S/C14H17NO3/c16-13(17)8-7-11-3-1-2-4-12(11)14(18)15-9-10-5-6-10/h1-4,10H,5-9H2,(H,15,18)(H,16,17). The average Bonchev–Trinajstić information content (AvgIpc) is 3.18. The van der Waals surface area contributed by atoms with Crippen LogP contribution in [-0.4, -0.2) is 23.5 Å². The van der Waals surface area contributed by atoms with Crippen LogP contribution in [-0.2, 0) is 11.2 Å². The van der Waals surface area contributed by atoms with Gasteiger partial charge in [0.1, 0.15) is 0 Å². The molecule has 0 unspecified atom stereocenters. The smallest absolute Gasteiger partial charge is 0.303 e. The first-order valence-corrected chi connectivity index (χ1v) is 6.24. The number of nitrogens with one attached hydrogen (secondary N) is 1. The van der Waals surface area contributed by atoms with E-state index in [1.54, 1.807) is 12.1 Å². The molecule has 0 aliphatic heterocycles. The van der Waals surface area contributed by atoms with Crippen molar-refractivity contribution in [1.82, 2.24) is 5.32 Å². The van der Waals surface area contributed by atoms with Crippen LogP contribution < -0.4 is 5.32 Å². The molecular weight excluding hydrogens is 230 g/mol. The number of aryl methyl sites for hydroxylation is 1. The van der Waals surface area contributed by atoms with Gasteiger partial charge in [0, 0.05) is 18.5 Å². The molecule has 18 heavy (non-hydrogen) atoms. The molecule has 1 aliphatic rings. The first-order chi connectivity index (χ1) is 8.66. The van der Waals surface area contributed by atoms with Crippen LogP contribution in [0, 0.1) is 5.92 Å². The zero-order valence-electron chi connectivity index (χ0n) is 10.2. The highest BCUT2D eigenvalue weighted by Crippen LogP contribution is 2.27. The minimum absolute atomic E-state index is 0.0485. The summed E-state index contributed by atoms with van der Waals surface area (Å²) in [5.41, 5.74) is 1.40. The Hall–Kier alpha value is -1.84. The summed E-state index contributed by atoms with van der Waals surface area (Å²) in [6.45, 7) is 0.728. The first-order valence-electron chi connectivity index (χ1n) is 6.24. The predicted octanol–water partition coefficient (Wildman–Crippen LogP) is 1.84. The van der Waals surface area contributed by atoms with E-state index in [-0.39, 0.29) is 12.3 Å². The van der Waals surface area contributed by atoms with E-state index in [4.69, 9.17) is 5.11 Å². The van der Waals surface area contributed by atoms with Gasteiger partial charge in [-0.25, -0.2) is 0 Å². The number of hydrogen-bond acceptors (Lipinski definition) is 2. The summed E-state index contributed by atoms with van der Waals surface area (Å²) in [5.74, 6) is -0.300. The van der Waals surface area contributed by atoms with E-state index >= 15 is 0 Å². The number of benzene rings is 1. The lowest BCUT2D eigenvalue weighted by atomic mass is 10.0. The lowest BCUT2D eigenvalue weighted by Crippen LogP contribution is -2.26. The fraction of sp³-hybridized carbons (Fsp3) is 0.429. The number of carbonyl (C=O) groups excluding carboxylic acids is 1. The second kappa shape index (κ2) is 5.67. The molecule has 0 bridgehead atoms. The van der Waals surface area contributed by atoms with Crippen LogP contribution in [0.4, 0.5) is 0 Å². The second-order valence-electron chi connectivity index (χ2n) is 4.70. The average molecular weight is 247 g/mol. The number of hydrogen-bond donors (Lipinski definition) is 2. The van der Waals surface area contributed by atoms with Crippen molar-refractivity contribution in [1.29, 1.82) is 0 Å². The molecule has 0 radical (unpaired) electrons. The molecule has 1 aromatic rings. The molecule has 0 atom stereocenters. The number of amides is 1. The van der Waals surface area contributed by atoms with E-state index in [1.807, 2.05) is 12.1 Å². The van der Waals surface area contributed by atoms with Crippen LogP contribution in [0.2, 0.25) is 0 Å². The highest BCUT2D eigenvalue weighted by Gasteiger charge is 2.22. The van der Waals surface area contributed by atoms with E-state index in [0.29, 0.717) is 17.9 Å². The Morgan fingerprint density at radius 3 is 2.67 bits per heavy atom. The molecule has 0 heterocycles. The number of aliphatic carboxylic acids is 1. The van der Waals surface area contributed by atoms with Crippen molar-refractivity contribution >= 4 is 11.9 Å². The van der Waals surface area contributed by atoms with Crippen LogP contribution >= 0.6 is 0 Å². The van der Waals surface area contributed by atoms with Crippen LogP contribution in [0.5, 0.6) is 0 Å². The third-order valence-corrected chi connectivity index (χ3v) is 3.12. The maximum absolute atomic E-state index is 12.0. The lowest BCUT2D eigenvalue weighted by molar-refractivity contribution is -0.136. The number of carboxylic acids is 1. The van der Waals surface area contributed by atoms with Crippen molar-refractivity contribution in [3.8, 4) is 0 Å².